The number of benzene rings is 2. The summed E-state index contributed by atoms with van der Waals surface area (Å²) in [5, 5.41) is 22.0. The molecule has 0 spiro atoms. The Morgan fingerprint density at radius 1 is 1.17 bits per heavy atom. The molecule has 0 atom stereocenters. The quantitative estimate of drug-likeness (QED) is 0.340. The molecule has 3 rings (SSSR count). The van der Waals surface area contributed by atoms with E-state index in [0.29, 0.717) is 30.8 Å². The zero-order valence-corrected chi connectivity index (χ0v) is 16.0. The Hall–Kier alpha value is -4.43. The summed E-state index contributed by atoms with van der Waals surface area (Å²) in [6, 6.07) is 20.3. The fraction of sp³-hybridized carbons (Fsp3) is 0.136. The molecule has 2 N–H and O–H groups in total. The second-order valence-corrected chi connectivity index (χ2v) is 6.17. The Kier molecular flexibility index (Phi) is 6.91. The molecule has 0 aliphatic heterocycles. The number of hydrogen-bond donors (Lipinski definition) is 2. The van der Waals surface area contributed by atoms with Crippen LogP contribution in [0.3, 0.4) is 0 Å². The van der Waals surface area contributed by atoms with E-state index in [9.17, 15) is 10.1 Å². The first-order valence-corrected chi connectivity index (χ1v) is 9.20. The lowest BCUT2D eigenvalue weighted by Gasteiger charge is -2.06. The van der Waals surface area contributed by atoms with Crippen LogP contribution in [0.15, 0.2) is 64.5 Å². The summed E-state index contributed by atoms with van der Waals surface area (Å²) in [7, 11) is 0. The molecular formula is C22H18N6O2. The summed E-state index contributed by atoms with van der Waals surface area (Å²) in [6.45, 7) is 0.463. The minimum Gasteiger partial charge on any atom is -0.494 e. The van der Waals surface area contributed by atoms with Crippen molar-refractivity contribution < 1.29 is 4.74 Å². The summed E-state index contributed by atoms with van der Waals surface area (Å²) in [4.78, 5) is 19.1. The lowest BCUT2D eigenvalue weighted by atomic mass is 10.1. The van der Waals surface area contributed by atoms with Crippen LogP contribution < -0.4 is 15.7 Å². The van der Waals surface area contributed by atoms with Gasteiger partial charge in [0.15, 0.2) is 0 Å². The van der Waals surface area contributed by atoms with Crippen molar-refractivity contribution in [2.75, 3.05) is 12.0 Å². The number of nitriles is 2. The first kappa shape index (κ1) is 20.3. The number of anilines is 1. The third-order valence-corrected chi connectivity index (χ3v) is 4.02. The van der Waals surface area contributed by atoms with Crippen LogP contribution >= 0.6 is 0 Å². The van der Waals surface area contributed by atoms with Gasteiger partial charge in [-0.3, -0.25) is 9.78 Å². The predicted octanol–water partition coefficient (Wildman–Crippen LogP) is 3.44. The van der Waals surface area contributed by atoms with Gasteiger partial charge >= 0.3 is 0 Å². The summed E-state index contributed by atoms with van der Waals surface area (Å²) in [6.07, 6.45) is 2.67. The van der Waals surface area contributed by atoms with Crippen LogP contribution in [0.5, 0.6) is 5.75 Å². The summed E-state index contributed by atoms with van der Waals surface area (Å²) in [5.41, 5.74) is 3.81. The first-order chi connectivity index (χ1) is 14.7. The maximum absolute atomic E-state index is 12.2. The second-order valence-electron chi connectivity index (χ2n) is 6.17. The van der Waals surface area contributed by atoms with Gasteiger partial charge in [0.25, 0.3) is 5.56 Å². The minimum atomic E-state index is -0.545. The van der Waals surface area contributed by atoms with Crippen molar-refractivity contribution in [3.8, 4) is 29.1 Å². The molecule has 0 saturated carbocycles. The number of unbranched alkanes of at least 4 members (excludes halogenated alkanes) is 1. The van der Waals surface area contributed by atoms with Gasteiger partial charge in [0, 0.05) is 12.0 Å². The molecule has 148 valence electrons. The topological polar surface area (TPSA) is 127 Å². The minimum absolute atomic E-state index is 0.0584. The van der Waals surface area contributed by atoms with E-state index < -0.39 is 5.56 Å². The molecular weight excluding hydrogens is 380 g/mol. The van der Waals surface area contributed by atoms with Gasteiger partial charge < -0.3 is 4.74 Å². The van der Waals surface area contributed by atoms with Gasteiger partial charge in [0.05, 0.1) is 24.6 Å². The van der Waals surface area contributed by atoms with E-state index in [1.165, 1.54) is 0 Å². The van der Waals surface area contributed by atoms with Crippen molar-refractivity contribution >= 4 is 12.2 Å². The highest BCUT2D eigenvalue weighted by Crippen LogP contribution is 2.19. The highest BCUT2D eigenvalue weighted by Gasteiger charge is 2.12. The average molecular weight is 398 g/mol. The van der Waals surface area contributed by atoms with Crippen molar-refractivity contribution in [2.45, 2.75) is 12.8 Å². The predicted molar refractivity (Wildman–Crippen MR) is 113 cm³/mol. The number of nitrogens with zero attached hydrogens (tertiary/aromatic N) is 4. The number of rotatable bonds is 8. The Balaban J connectivity index is 1.74. The SMILES string of the molecule is N#CCCCOc1cccc(C=NNc2nc(-c3ccccc3)c(C#N)c(=O)[nH]2)c1. The van der Waals surface area contributed by atoms with Crippen LogP contribution in [0, 0.1) is 22.7 Å². The molecule has 0 saturated heterocycles. The molecule has 3 aromatic rings. The van der Waals surface area contributed by atoms with Gasteiger partial charge in [-0.15, -0.1) is 0 Å². The second kappa shape index (κ2) is 10.2. The van der Waals surface area contributed by atoms with Crippen molar-refractivity contribution in [3.05, 3.63) is 76.1 Å². The van der Waals surface area contributed by atoms with E-state index in [1.807, 2.05) is 36.4 Å². The van der Waals surface area contributed by atoms with Gasteiger partial charge in [-0.05, 0) is 24.1 Å². The third kappa shape index (κ3) is 5.31. The van der Waals surface area contributed by atoms with E-state index in [-0.39, 0.29) is 17.2 Å². The Morgan fingerprint density at radius 2 is 2.00 bits per heavy atom. The molecule has 8 nitrogen and oxygen atoms in total. The maximum Gasteiger partial charge on any atom is 0.270 e. The van der Waals surface area contributed by atoms with Gasteiger partial charge in [0.2, 0.25) is 5.95 Å². The van der Waals surface area contributed by atoms with Gasteiger partial charge in [0.1, 0.15) is 17.4 Å². The number of nitrogens with one attached hydrogen (secondary N) is 2. The summed E-state index contributed by atoms with van der Waals surface area (Å²) in [5.74, 6) is 0.797. The summed E-state index contributed by atoms with van der Waals surface area (Å²) < 4.78 is 5.60. The highest BCUT2D eigenvalue weighted by atomic mass is 16.5. The van der Waals surface area contributed by atoms with Crippen LogP contribution in [0.25, 0.3) is 11.3 Å². The van der Waals surface area contributed by atoms with E-state index >= 15 is 0 Å². The highest BCUT2D eigenvalue weighted by molar-refractivity contribution is 5.80. The zero-order valence-electron chi connectivity index (χ0n) is 16.0. The molecule has 30 heavy (non-hydrogen) atoms. The van der Waals surface area contributed by atoms with Gasteiger partial charge in [-0.1, -0.05) is 42.5 Å². The number of aromatic amines is 1. The maximum atomic E-state index is 12.2. The van der Waals surface area contributed by atoms with Crippen LogP contribution in [0.2, 0.25) is 0 Å². The first-order valence-electron chi connectivity index (χ1n) is 9.20. The molecule has 1 heterocycles. The van der Waals surface area contributed by atoms with Crippen molar-refractivity contribution in [1.82, 2.24) is 9.97 Å². The summed E-state index contributed by atoms with van der Waals surface area (Å²) >= 11 is 0. The van der Waals surface area contributed by atoms with Crippen LogP contribution in [-0.4, -0.2) is 22.8 Å². The number of ether oxygens (including phenoxy) is 1. The van der Waals surface area contributed by atoms with E-state index in [4.69, 9.17) is 10.00 Å². The van der Waals surface area contributed by atoms with E-state index in [0.717, 1.165) is 5.56 Å². The Bertz CT molecular complexity index is 1170. The fourth-order valence-electron chi connectivity index (χ4n) is 2.63. The molecule has 0 bridgehead atoms. The Morgan fingerprint density at radius 3 is 2.77 bits per heavy atom. The number of hydrazone groups is 1. The number of aromatic nitrogens is 2. The van der Waals surface area contributed by atoms with Crippen molar-refractivity contribution in [2.24, 2.45) is 5.10 Å². The zero-order chi connectivity index (χ0) is 21.2. The van der Waals surface area contributed by atoms with Crippen LogP contribution in [0.1, 0.15) is 24.0 Å². The monoisotopic (exact) mass is 398 g/mol. The molecule has 0 aliphatic carbocycles. The Labute approximate surface area is 173 Å². The van der Waals surface area contributed by atoms with Gasteiger partial charge in [-0.2, -0.15) is 15.6 Å². The van der Waals surface area contributed by atoms with Crippen LogP contribution in [-0.2, 0) is 0 Å². The molecule has 8 heteroatoms. The van der Waals surface area contributed by atoms with E-state index in [1.54, 1.807) is 30.5 Å². The molecule has 0 aliphatic rings. The van der Waals surface area contributed by atoms with E-state index in [2.05, 4.69) is 26.6 Å². The largest absolute Gasteiger partial charge is 0.494 e. The fourth-order valence-corrected chi connectivity index (χ4v) is 2.63. The third-order valence-electron chi connectivity index (χ3n) is 4.02. The normalized spacial score (nSPS) is 10.3. The van der Waals surface area contributed by atoms with Crippen molar-refractivity contribution in [1.29, 1.82) is 10.5 Å². The standard InChI is InChI=1S/C22H18N6O2/c23-11-4-5-12-30-18-10-6-7-16(13-18)15-25-28-22-26-20(17-8-2-1-3-9-17)19(14-24)21(29)27-22/h1-3,6-10,13,15H,4-5,12H2,(H2,26,27,28,29). The molecule has 2 aromatic carbocycles. The average Bonchev–Trinajstić information content (AvgIpc) is 2.77. The molecule has 0 fully saturated rings. The molecule has 1 aromatic heterocycles. The molecule has 0 amide bonds. The molecule has 0 unspecified atom stereocenters. The van der Waals surface area contributed by atoms with Crippen LogP contribution in [0.4, 0.5) is 5.95 Å². The molecule has 0 radical (unpaired) electrons. The lowest BCUT2D eigenvalue weighted by molar-refractivity contribution is 0.312. The van der Waals surface area contributed by atoms with Crippen molar-refractivity contribution in [3.63, 3.8) is 0 Å². The smallest absolute Gasteiger partial charge is 0.270 e. The number of H-pyrrole nitrogens is 1. The number of hydrogen-bond acceptors (Lipinski definition) is 7. The lowest BCUT2D eigenvalue weighted by Crippen LogP contribution is -2.16. The van der Waals surface area contributed by atoms with Gasteiger partial charge in [-0.25, -0.2) is 10.4 Å².